The number of amides is 1. The number of thiazole rings is 1. The highest BCUT2D eigenvalue weighted by atomic mass is 32.1. The minimum absolute atomic E-state index is 0.281. The van der Waals surface area contributed by atoms with Crippen LogP contribution in [0.5, 0.6) is 0 Å². The second-order valence-corrected chi connectivity index (χ2v) is 6.30. The molecule has 0 bridgehead atoms. The van der Waals surface area contributed by atoms with Crippen LogP contribution in [0.1, 0.15) is 31.1 Å². The zero-order valence-electron chi connectivity index (χ0n) is 11.6. The Morgan fingerprint density at radius 1 is 1.35 bits per heavy atom. The van der Waals surface area contributed by atoms with E-state index in [1.54, 1.807) is 23.7 Å². The van der Waals surface area contributed by atoms with Gasteiger partial charge in [-0.15, -0.1) is 11.3 Å². The van der Waals surface area contributed by atoms with Crippen LogP contribution in [0.25, 0.3) is 10.2 Å². The molecule has 1 aromatic carbocycles. The molecule has 0 saturated carbocycles. The Morgan fingerprint density at radius 3 is 2.80 bits per heavy atom. The molecule has 2 rings (SSSR count). The Balaban J connectivity index is 1.96. The summed E-state index contributed by atoms with van der Waals surface area (Å²) < 4.78 is 5.91. The zero-order valence-corrected chi connectivity index (χ0v) is 12.4. The van der Waals surface area contributed by atoms with E-state index < -0.39 is 5.97 Å². The third-order valence-corrected chi connectivity index (χ3v) is 3.21. The number of carbonyl (C=O) groups excluding carboxylic acids is 2. The summed E-state index contributed by atoms with van der Waals surface area (Å²) in [5.74, 6) is -0.825. The van der Waals surface area contributed by atoms with Crippen LogP contribution < -0.4 is 5.32 Å². The predicted molar refractivity (Wildman–Crippen MR) is 77.8 cm³/mol. The number of hydrogen-bond acceptors (Lipinski definition) is 5. The minimum atomic E-state index is -0.510. The van der Waals surface area contributed by atoms with Crippen molar-refractivity contribution in [3.63, 3.8) is 0 Å². The standard InChI is InChI=1S/C14H16N2O3S/c1-14(2,3)16-12(17)7-19-13(18)9-4-5-10-11(6-9)20-8-15-10/h4-6,8H,7H2,1-3H3,(H,16,17). The highest BCUT2D eigenvalue weighted by Crippen LogP contribution is 2.19. The largest absolute Gasteiger partial charge is 0.452 e. The van der Waals surface area contributed by atoms with Gasteiger partial charge in [0.1, 0.15) is 0 Å². The molecule has 0 atom stereocenters. The minimum Gasteiger partial charge on any atom is -0.452 e. The van der Waals surface area contributed by atoms with Crippen LogP contribution >= 0.6 is 11.3 Å². The summed E-state index contributed by atoms with van der Waals surface area (Å²) in [6, 6.07) is 5.13. The van der Waals surface area contributed by atoms with Gasteiger partial charge >= 0.3 is 5.97 Å². The number of hydrogen-bond donors (Lipinski definition) is 1. The van der Waals surface area contributed by atoms with E-state index in [0.29, 0.717) is 5.56 Å². The van der Waals surface area contributed by atoms with Gasteiger partial charge in [-0.3, -0.25) is 4.79 Å². The molecule has 0 fully saturated rings. The van der Waals surface area contributed by atoms with E-state index in [9.17, 15) is 9.59 Å². The Bertz CT molecular complexity index is 643. The molecule has 1 amide bonds. The molecule has 0 radical (unpaired) electrons. The molecule has 106 valence electrons. The van der Waals surface area contributed by atoms with Crippen molar-refractivity contribution in [3.05, 3.63) is 29.3 Å². The first kappa shape index (κ1) is 14.5. The van der Waals surface area contributed by atoms with Crippen molar-refractivity contribution in [2.24, 2.45) is 0 Å². The number of nitrogens with one attached hydrogen (secondary N) is 1. The number of ether oxygens (including phenoxy) is 1. The summed E-state index contributed by atoms with van der Waals surface area (Å²) in [6.45, 7) is 5.32. The molecule has 1 aromatic heterocycles. The number of benzene rings is 1. The quantitative estimate of drug-likeness (QED) is 0.882. The summed E-state index contributed by atoms with van der Waals surface area (Å²) in [5, 5.41) is 2.73. The van der Waals surface area contributed by atoms with Crippen LogP contribution in [0.4, 0.5) is 0 Å². The number of carbonyl (C=O) groups is 2. The van der Waals surface area contributed by atoms with Gasteiger partial charge in [-0.1, -0.05) is 0 Å². The molecule has 6 heteroatoms. The zero-order chi connectivity index (χ0) is 14.8. The van der Waals surface area contributed by atoms with E-state index >= 15 is 0 Å². The van der Waals surface area contributed by atoms with Crippen molar-refractivity contribution in [2.45, 2.75) is 26.3 Å². The number of nitrogens with zero attached hydrogens (tertiary/aromatic N) is 1. The van der Waals surface area contributed by atoms with Crippen molar-refractivity contribution in [3.8, 4) is 0 Å². The molecule has 2 aromatic rings. The summed E-state index contributed by atoms with van der Waals surface area (Å²) in [4.78, 5) is 27.6. The SMILES string of the molecule is CC(C)(C)NC(=O)COC(=O)c1ccc2ncsc2c1. The van der Waals surface area contributed by atoms with Gasteiger partial charge in [-0.05, 0) is 39.0 Å². The maximum atomic E-state index is 11.9. The van der Waals surface area contributed by atoms with Gasteiger partial charge in [-0.25, -0.2) is 9.78 Å². The van der Waals surface area contributed by atoms with Crippen LogP contribution in [0.3, 0.4) is 0 Å². The number of esters is 1. The van der Waals surface area contributed by atoms with E-state index in [1.165, 1.54) is 11.3 Å². The summed E-state index contributed by atoms with van der Waals surface area (Å²) >= 11 is 1.45. The van der Waals surface area contributed by atoms with Crippen molar-refractivity contribution in [2.75, 3.05) is 6.61 Å². The molecule has 0 aliphatic carbocycles. The predicted octanol–water partition coefficient (Wildman–Crippen LogP) is 2.37. The van der Waals surface area contributed by atoms with Crippen LogP contribution in [0.15, 0.2) is 23.7 Å². The maximum absolute atomic E-state index is 11.9. The van der Waals surface area contributed by atoms with Gasteiger partial charge in [0, 0.05) is 5.54 Å². The van der Waals surface area contributed by atoms with Gasteiger partial charge in [0.25, 0.3) is 5.91 Å². The van der Waals surface area contributed by atoms with Crippen LogP contribution in [0.2, 0.25) is 0 Å². The van der Waals surface area contributed by atoms with Crippen LogP contribution in [0, 0.1) is 0 Å². The van der Waals surface area contributed by atoms with Gasteiger partial charge in [0.05, 0.1) is 21.3 Å². The average molecular weight is 292 g/mol. The molecule has 0 saturated heterocycles. The lowest BCUT2D eigenvalue weighted by molar-refractivity contribution is -0.125. The fourth-order valence-electron chi connectivity index (χ4n) is 1.65. The van der Waals surface area contributed by atoms with Crippen molar-refractivity contribution in [1.82, 2.24) is 10.3 Å². The normalized spacial score (nSPS) is 11.3. The first-order chi connectivity index (χ1) is 9.35. The van der Waals surface area contributed by atoms with Crippen molar-refractivity contribution >= 4 is 33.4 Å². The van der Waals surface area contributed by atoms with E-state index in [-0.39, 0.29) is 18.1 Å². The molecule has 1 N–H and O–H groups in total. The third-order valence-electron chi connectivity index (χ3n) is 2.42. The monoisotopic (exact) mass is 292 g/mol. The first-order valence-electron chi connectivity index (χ1n) is 6.16. The topological polar surface area (TPSA) is 68.3 Å². The van der Waals surface area contributed by atoms with Crippen LogP contribution in [-0.4, -0.2) is 29.0 Å². The molecule has 5 nitrogen and oxygen atoms in total. The fourth-order valence-corrected chi connectivity index (χ4v) is 2.37. The lowest BCUT2D eigenvalue weighted by Crippen LogP contribution is -2.42. The molecule has 0 aliphatic rings. The van der Waals surface area contributed by atoms with Crippen LogP contribution in [-0.2, 0) is 9.53 Å². The Morgan fingerprint density at radius 2 is 2.10 bits per heavy atom. The van der Waals surface area contributed by atoms with Crippen molar-refractivity contribution < 1.29 is 14.3 Å². The number of rotatable bonds is 3. The molecular formula is C14H16N2O3S. The highest BCUT2D eigenvalue weighted by molar-refractivity contribution is 7.16. The summed E-state index contributed by atoms with van der Waals surface area (Å²) in [5.41, 5.74) is 2.64. The average Bonchev–Trinajstić information content (AvgIpc) is 2.80. The Kier molecular flexibility index (Phi) is 4.04. The lowest BCUT2D eigenvalue weighted by Gasteiger charge is -2.20. The summed E-state index contributed by atoms with van der Waals surface area (Å²) in [6.07, 6.45) is 0. The van der Waals surface area contributed by atoms with E-state index in [2.05, 4.69) is 10.3 Å². The van der Waals surface area contributed by atoms with Gasteiger partial charge in [0.2, 0.25) is 0 Å². The highest BCUT2D eigenvalue weighted by Gasteiger charge is 2.16. The van der Waals surface area contributed by atoms with E-state index in [1.807, 2.05) is 20.8 Å². The molecule has 1 heterocycles. The Labute approximate surface area is 121 Å². The molecule has 0 spiro atoms. The second kappa shape index (κ2) is 5.58. The van der Waals surface area contributed by atoms with E-state index in [0.717, 1.165) is 10.2 Å². The van der Waals surface area contributed by atoms with E-state index in [4.69, 9.17) is 4.74 Å². The van der Waals surface area contributed by atoms with Gasteiger partial charge in [-0.2, -0.15) is 0 Å². The molecule has 0 unspecified atom stereocenters. The molecule has 0 aliphatic heterocycles. The molecule has 20 heavy (non-hydrogen) atoms. The number of aromatic nitrogens is 1. The van der Waals surface area contributed by atoms with Gasteiger partial charge in [0.15, 0.2) is 6.61 Å². The lowest BCUT2D eigenvalue weighted by atomic mass is 10.1. The molecular weight excluding hydrogens is 276 g/mol. The third kappa shape index (κ3) is 3.77. The Hall–Kier alpha value is -1.95. The number of fused-ring (bicyclic) bond motifs is 1. The summed E-state index contributed by atoms with van der Waals surface area (Å²) in [7, 11) is 0. The van der Waals surface area contributed by atoms with Gasteiger partial charge < -0.3 is 10.1 Å². The fraction of sp³-hybridized carbons (Fsp3) is 0.357. The maximum Gasteiger partial charge on any atom is 0.338 e. The van der Waals surface area contributed by atoms with Crippen molar-refractivity contribution in [1.29, 1.82) is 0 Å². The first-order valence-corrected chi connectivity index (χ1v) is 7.04. The second-order valence-electron chi connectivity index (χ2n) is 5.41. The smallest absolute Gasteiger partial charge is 0.338 e.